The molecule has 1 aliphatic carbocycles. The van der Waals surface area contributed by atoms with Crippen LogP contribution < -0.4 is 10.6 Å². The number of benzene rings is 1. The van der Waals surface area contributed by atoms with Crippen molar-refractivity contribution in [3.8, 4) is 0 Å². The first-order chi connectivity index (χ1) is 8.65. The highest BCUT2D eigenvalue weighted by atomic mass is 79.9. The van der Waals surface area contributed by atoms with Gasteiger partial charge in [0.1, 0.15) is 0 Å². The van der Waals surface area contributed by atoms with Crippen molar-refractivity contribution in [1.29, 1.82) is 0 Å². The minimum atomic E-state index is 0.00892. The molecule has 0 atom stereocenters. The van der Waals surface area contributed by atoms with Gasteiger partial charge in [-0.1, -0.05) is 33.6 Å². The Morgan fingerprint density at radius 2 is 2.22 bits per heavy atom. The van der Waals surface area contributed by atoms with Crippen LogP contribution in [-0.4, -0.2) is 19.0 Å². The number of hydrogen-bond donors (Lipinski definition) is 2. The molecular weight excluding hydrogens is 316 g/mol. The largest absolute Gasteiger partial charge is 0.351 e. The number of rotatable bonds is 6. The smallest absolute Gasteiger partial charge is 0.234 e. The van der Waals surface area contributed by atoms with Gasteiger partial charge in [-0.2, -0.15) is 0 Å². The second kappa shape index (κ2) is 6.55. The molecule has 1 saturated carbocycles. The molecule has 1 fully saturated rings. The fourth-order valence-corrected chi connectivity index (χ4v) is 2.37. The van der Waals surface area contributed by atoms with Gasteiger partial charge < -0.3 is 10.6 Å². The number of carbonyl (C=O) groups excluding carboxylic acids is 1. The van der Waals surface area contributed by atoms with Gasteiger partial charge in [-0.05, 0) is 43.0 Å². The summed E-state index contributed by atoms with van der Waals surface area (Å²) in [5.74, 6) is 0.799. The maximum absolute atomic E-state index is 11.6. The van der Waals surface area contributed by atoms with Crippen LogP contribution in [0.1, 0.15) is 18.4 Å². The zero-order valence-electron chi connectivity index (χ0n) is 10.0. The molecule has 18 heavy (non-hydrogen) atoms. The van der Waals surface area contributed by atoms with Crippen LogP contribution in [0.25, 0.3) is 0 Å². The number of nitrogens with one attached hydrogen (secondary N) is 2. The molecule has 98 valence electrons. The van der Waals surface area contributed by atoms with Crippen molar-refractivity contribution in [3.63, 3.8) is 0 Å². The minimum Gasteiger partial charge on any atom is -0.351 e. The highest BCUT2D eigenvalue weighted by Crippen LogP contribution is 2.27. The fourth-order valence-electron chi connectivity index (χ4n) is 1.63. The Morgan fingerprint density at radius 1 is 1.44 bits per heavy atom. The highest BCUT2D eigenvalue weighted by molar-refractivity contribution is 9.10. The Labute approximate surface area is 120 Å². The molecule has 0 radical (unpaired) electrons. The molecule has 0 saturated heterocycles. The molecule has 0 unspecified atom stereocenters. The first-order valence-electron chi connectivity index (χ1n) is 6.06. The van der Waals surface area contributed by atoms with Crippen LogP contribution >= 0.6 is 27.5 Å². The summed E-state index contributed by atoms with van der Waals surface area (Å²) in [5.41, 5.74) is 0.926. The molecule has 5 heteroatoms. The van der Waals surface area contributed by atoms with Crippen molar-refractivity contribution in [1.82, 2.24) is 10.6 Å². The summed E-state index contributed by atoms with van der Waals surface area (Å²) in [5, 5.41) is 6.67. The standard InChI is InChI=1S/C13H16BrClN2O/c14-11-4-3-10(12(15)5-11)7-17-13(18)8-16-6-9-1-2-9/h3-5,9,16H,1-2,6-8H2,(H,17,18). The van der Waals surface area contributed by atoms with Gasteiger partial charge >= 0.3 is 0 Å². The third-order valence-electron chi connectivity index (χ3n) is 2.91. The Hall–Kier alpha value is -0.580. The van der Waals surface area contributed by atoms with Crippen molar-refractivity contribution in [2.45, 2.75) is 19.4 Å². The molecule has 0 heterocycles. The van der Waals surface area contributed by atoms with Crippen LogP contribution in [0.4, 0.5) is 0 Å². The Morgan fingerprint density at radius 3 is 2.89 bits per heavy atom. The number of carbonyl (C=O) groups is 1. The van der Waals surface area contributed by atoms with E-state index in [0.29, 0.717) is 18.1 Å². The lowest BCUT2D eigenvalue weighted by atomic mass is 10.2. The summed E-state index contributed by atoms with van der Waals surface area (Å²) < 4.78 is 0.939. The molecule has 0 bridgehead atoms. The minimum absolute atomic E-state index is 0.00892. The molecule has 1 amide bonds. The summed E-state index contributed by atoms with van der Waals surface area (Å²) in [7, 11) is 0. The van der Waals surface area contributed by atoms with E-state index in [4.69, 9.17) is 11.6 Å². The SMILES string of the molecule is O=C(CNCC1CC1)NCc1ccc(Br)cc1Cl. The van der Waals surface area contributed by atoms with Crippen molar-refractivity contribution >= 4 is 33.4 Å². The zero-order valence-corrected chi connectivity index (χ0v) is 12.4. The lowest BCUT2D eigenvalue weighted by Crippen LogP contribution is -2.34. The predicted molar refractivity (Wildman–Crippen MR) is 76.6 cm³/mol. The molecule has 0 aromatic heterocycles. The Bertz CT molecular complexity index is 435. The average Bonchev–Trinajstić information content (AvgIpc) is 3.12. The number of halogens is 2. The summed E-state index contributed by atoms with van der Waals surface area (Å²) in [6, 6.07) is 5.65. The first kappa shape index (κ1) is 13.8. The van der Waals surface area contributed by atoms with E-state index in [-0.39, 0.29) is 5.91 Å². The van der Waals surface area contributed by atoms with Gasteiger partial charge in [0.25, 0.3) is 0 Å². The van der Waals surface area contributed by atoms with E-state index in [9.17, 15) is 4.79 Å². The number of hydrogen-bond acceptors (Lipinski definition) is 2. The first-order valence-corrected chi connectivity index (χ1v) is 7.23. The van der Waals surface area contributed by atoms with Crippen LogP contribution in [0.3, 0.4) is 0 Å². The number of amides is 1. The second-order valence-corrected chi connectivity index (χ2v) is 5.91. The maximum Gasteiger partial charge on any atom is 0.234 e. The van der Waals surface area contributed by atoms with Gasteiger partial charge in [0.05, 0.1) is 6.54 Å². The van der Waals surface area contributed by atoms with Gasteiger partial charge in [0.2, 0.25) is 5.91 Å². The van der Waals surface area contributed by atoms with Crippen LogP contribution in [0.15, 0.2) is 22.7 Å². The average molecular weight is 332 g/mol. The van der Waals surface area contributed by atoms with E-state index in [0.717, 1.165) is 22.5 Å². The molecule has 1 aromatic carbocycles. The topological polar surface area (TPSA) is 41.1 Å². The van der Waals surface area contributed by atoms with Crippen LogP contribution in [0, 0.1) is 5.92 Å². The van der Waals surface area contributed by atoms with Gasteiger partial charge in [-0.3, -0.25) is 4.79 Å². The van der Waals surface area contributed by atoms with Gasteiger partial charge in [0, 0.05) is 16.0 Å². The van der Waals surface area contributed by atoms with E-state index in [1.807, 2.05) is 18.2 Å². The molecule has 0 spiro atoms. The van der Waals surface area contributed by atoms with Crippen molar-refractivity contribution in [2.24, 2.45) is 5.92 Å². The van der Waals surface area contributed by atoms with Crippen LogP contribution in [0.5, 0.6) is 0 Å². The van der Waals surface area contributed by atoms with Crippen molar-refractivity contribution in [3.05, 3.63) is 33.3 Å². The summed E-state index contributed by atoms with van der Waals surface area (Å²) in [6.45, 7) is 1.80. The van der Waals surface area contributed by atoms with Crippen molar-refractivity contribution < 1.29 is 4.79 Å². The molecule has 0 aliphatic heterocycles. The summed E-state index contributed by atoms with van der Waals surface area (Å²) >= 11 is 9.42. The predicted octanol–water partition coefficient (Wildman–Crippen LogP) is 2.72. The fraction of sp³-hybridized carbons (Fsp3) is 0.462. The lowest BCUT2D eigenvalue weighted by molar-refractivity contribution is -0.120. The third kappa shape index (κ3) is 4.59. The normalized spacial score (nSPS) is 14.6. The molecule has 1 aliphatic rings. The Balaban J connectivity index is 1.70. The second-order valence-electron chi connectivity index (χ2n) is 4.59. The van der Waals surface area contributed by atoms with Gasteiger partial charge in [-0.15, -0.1) is 0 Å². The third-order valence-corrected chi connectivity index (χ3v) is 3.75. The van der Waals surface area contributed by atoms with E-state index in [1.165, 1.54) is 12.8 Å². The highest BCUT2D eigenvalue weighted by Gasteiger charge is 2.20. The molecule has 3 nitrogen and oxygen atoms in total. The molecular formula is C13H16BrClN2O. The maximum atomic E-state index is 11.6. The lowest BCUT2D eigenvalue weighted by Gasteiger charge is -2.08. The molecule has 2 rings (SSSR count). The van der Waals surface area contributed by atoms with E-state index < -0.39 is 0 Å². The van der Waals surface area contributed by atoms with Crippen LogP contribution in [0.2, 0.25) is 5.02 Å². The van der Waals surface area contributed by atoms with Gasteiger partial charge in [0.15, 0.2) is 0 Å². The zero-order chi connectivity index (χ0) is 13.0. The monoisotopic (exact) mass is 330 g/mol. The van der Waals surface area contributed by atoms with Crippen LogP contribution in [-0.2, 0) is 11.3 Å². The Kier molecular flexibility index (Phi) is 5.03. The van der Waals surface area contributed by atoms with Gasteiger partial charge in [-0.25, -0.2) is 0 Å². The summed E-state index contributed by atoms with van der Waals surface area (Å²) in [6.07, 6.45) is 2.59. The van der Waals surface area contributed by atoms with Crippen molar-refractivity contribution in [2.75, 3.05) is 13.1 Å². The van der Waals surface area contributed by atoms with E-state index in [2.05, 4.69) is 26.6 Å². The molecule has 2 N–H and O–H groups in total. The quantitative estimate of drug-likeness (QED) is 0.841. The summed E-state index contributed by atoms with van der Waals surface area (Å²) in [4.78, 5) is 11.6. The van der Waals surface area contributed by atoms with E-state index >= 15 is 0 Å². The molecule has 1 aromatic rings. The van der Waals surface area contributed by atoms with E-state index in [1.54, 1.807) is 0 Å².